The van der Waals surface area contributed by atoms with E-state index in [1.165, 1.54) is 11.3 Å². The number of carbonyl (C=O) groups is 2. The second-order valence-corrected chi connectivity index (χ2v) is 8.60. The lowest BCUT2D eigenvalue weighted by atomic mass is 10.1. The largest absolute Gasteiger partial charge is 0.451 e. The van der Waals surface area contributed by atoms with Crippen LogP contribution in [0, 0.1) is 5.92 Å². The zero-order valence-electron chi connectivity index (χ0n) is 16.6. The highest BCUT2D eigenvalue weighted by molar-refractivity contribution is 7.18. The number of nitrogens with zero attached hydrogens (tertiary/aromatic N) is 1. The Kier molecular flexibility index (Phi) is 6.16. The fraction of sp³-hybridized carbons (Fsp3) is 0.455. The topological polar surface area (TPSA) is 67.9 Å². The summed E-state index contributed by atoms with van der Waals surface area (Å²) in [6.45, 7) is 4.67. The predicted molar refractivity (Wildman–Crippen MR) is 113 cm³/mol. The molecule has 1 aromatic carbocycles. The molecule has 2 aromatic rings. The number of esters is 1. The lowest BCUT2D eigenvalue weighted by Crippen LogP contribution is -2.37. The maximum atomic E-state index is 12.6. The van der Waals surface area contributed by atoms with Crippen molar-refractivity contribution in [1.82, 2.24) is 5.32 Å². The SMILES string of the molecule is C[C@H](NC(=O)COC(=O)c1cc(-c2ccccc2)c(N2CCOCC2)s1)C1CC1. The van der Waals surface area contributed by atoms with E-state index in [9.17, 15) is 9.59 Å². The molecule has 154 valence electrons. The normalized spacial score (nSPS) is 17.6. The van der Waals surface area contributed by atoms with Gasteiger partial charge < -0.3 is 19.7 Å². The Morgan fingerprint density at radius 2 is 1.97 bits per heavy atom. The lowest BCUT2D eigenvalue weighted by molar-refractivity contribution is -0.124. The molecule has 1 saturated carbocycles. The van der Waals surface area contributed by atoms with Crippen LogP contribution in [0.15, 0.2) is 36.4 Å². The number of thiophene rings is 1. The molecule has 1 N–H and O–H groups in total. The maximum absolute atomic E-state index is 12.6. The first-order valence-corrected chi connectivity index (χ1v) is 10.9. The summed E-state index contributed by atoms with van der Waals surface area (Å²) < 4.78 is 10.8. The van der Waals surface area contributed by atoms with E-state index in [0.29, 0.717) is 24.0 Å². The Morgan fingerprint density at radius 3 is 2.66 bits per heavy atom. The zero-order chi connectivity index (χ0) is 20.2. The summed E-state index contributed by atoms with van der Waals surface area (Å²) >= 11 is 1.41. The average Bonchev–Trinajstić information content (AvgIpc) is 3.51. The Morgan fingerprint density at radius 1 is 1.24 bits per heavy atom. The number of amides is 1. The molecule has 7 heteroatoms. The highest BCUT2D eigenvalue weighted by Crippen LogP contribution is 2.39. The number of hydrogen-bond donors (Lipinski definition) is 1. The molecule has 6 nitrogen and oxygen atoms in total. The molecule has 29 heavy (non-hydrogen) atoms. The van der Waals surface area contributed by atoms with Gasteiger partial charge in [-0.05, 0) is 37.3 Å². The number of rotatable bonds is 7. The molecular weight excluding hydrogens is 388 g/mol. The number of morpholine rings is 1. The Labute approximate surface area is 174 Å². The smallest absolute Gasteiger partial charge is 0.348 e. The van der Waals surface area contributed by atoms with Gasteiger partial charge >= 0.3 is 5.97 Å². The van der Waals surface area contributed by atoms with Crippen LogP contribution in [-0.4, -0.2) is 50.8 Å². The highest BCUT2D eigenvalue weighted by Gasteiger charge is 2.29. The van der Waals surface area contributed by atoms with Crippen LogP contribution in [0.3, 0.4) is 0 Å². The first-order chi connectivity index (χ1) is 14.1. The van der Waals surface area contributed by atoms with E-state index >= 15 is 0 Å². The van der Waals surface area contributed by atoms with Crippen molar-refractivity contribution in [3.8, 4) is 11.1 Å². The molecule has 0 spiro atoms. The van der Waals surface area contributed by atoms with Crippen molar-refractivity contribution in [1.29, 1.82) is 0 Å². The van der Waals surface area contributed by atoms with Crippen LogP contribution in [0.25, 0.3) is 11.1 Å². The minimum absolute atomic E-state index is 0.139. The van der Waals surface area contributed by atoms with Crippen molar-refractivity contribution in [2.24, 2.45) is 5.92 Å². The third-order valence-corrected chi connectivity index (χ3v) is 6.52. The van der Waals surface area contributed by atoms with E-state index in [0.717, 1.165) is 42.1 Å². The van der Waals surface area contributed by atoms with Crippen LogP contribution in [0.1, 0.15) is 29.4 Å². The number of hydrogen-bond acceptors (Lipinski definition) is 6. The Bertz CT molecular complexity index is 857. The van der Waals surface area contributed by atoms with E-state index in [4.69, 9.17) is 9.47 Å². The summed E-state index contributed by atoms with van der Waals surface area (Å²) in [7, 11) is 0. The minimum Gasteiger partial charge on any atom is -0.451 e. The molecule has 2 aliphatic rings. The van der Waals surface area contributed by atoms with Gasteiger partial charge in [-0.15, -0.1) is 11.3 Å². The van der Waals surface area contributed by atoms with Gasteiger partial charge in [-0.25, -0.2) is 4.79 Å². The molecule has 2 fully saturated rings. The van der Waals surface area contributed by atoms with Crippen molar-refractivity contribution in [3.63, 3.8) is 0 Å². The molecule has 4 rings (SSSR count). The van der Waals surface area contributed by atoms with Crippen LogP contribution in [0.5, 0.6) is 0 Å². The quantitative estimate of drug-likeness (QED) is 0.704. The van der Waals surface area contributed by atoms with Crippen molar-refractivity contribution in [3.05, 3.63) is 41.3 Å². The van der Waals surface area contributed by atoms with Gasteiger partial charge in [0.1, 0.15) is 4.88 Å². The van der Waals surface area contributed by atoms with Crippen molar-refractivity contribution in [2.45, 2.75) is 25.8 Å². The molecule has 1 aliphatic heterocycles. The molecule has 1 amide bonds. The van der Waals surface area contributed by atoms with E-state index < -0.39 is 5.97 Å². The monoisotopic (exact) mass is 414 g/mol. The number of carbonyl (C=O) groups excluding carboxylic acids is 2. The standard InChI is InChI=1S/C22H26N2O4S/c1-15(16-7-8-16)23-20(25)14-28-22(26)19-13-18(17-5-3-2-4-6-17)21(29-19)24-9-11-27-12-10-24/h2-6,13,15-16H,7-12,14H2,1H3,(H,23,25)/t15-/m0/s1. The summed E-state index contributed by atoms with van der Waals surface area (Å²) in [6.07, 6.45) is 2.31. The molecule has 1 aromatic heterocycles. The second-order valence-electron chi connectivity index (χ2n) is 7.56. The molecule has 1 aliphatic carbocycles. The van der Waals surface area contributed by atoms with Crippen molar-refractivity contribution >= 4 is 28.2 Å². The van der Waals surface area contributed by atoms with Crippen LogP contribution in [0.2, 0.25) is 0 Å². The van der Waals surface area contributed by atoms with Gasteiger partial charge in [0, 0.05) is 24.7 Å². The van der Waals surface area contributed by atoms with E-state index in [2.05, 4.69) is 10.2 Å². The molecular formula is C22H26N2O4S. The molecule has 1 saturated heterocycles. The fourth-order valence-corrected chi connectivity index (χ4v) is 4.65. The minimum atomic E-state index is -0.457. The maximum Gasteiger partial charge on any atom is 0.348 e. The number of nitrogens with one attached hydrogen (secondary N) is 1. The van der Waals surface area contributed by atoms with Gasteiger partial charge in [-0.1, -0.05) is 30.3 Å². The van der Waals surface area contributed by atoms with Crippen LogP contribution in [0.4, 0.5) is 5.00 Å². The Hall–Kier alpha value is -2.38. The molecule has 0 unspecified atom stereocenters. The third-order valence-electron chi connectivity index (χ3n) is 5.35. The lowest BCUT2D eigenvalue weighted by Gasteiger charge is -2.28. The number of ether oxygens (including phenoxy) is 2. The summed E-state index contributed by atoms with van der Waals surface area (Å²) in [6, 6.07) is 12.0. The first-order valence-electron chi connectivity index (χ1n) is 10.1. The van der Waals surface area contributed by atoms with Crippen LogP contribution >= 0.6 is 11.3 Å². The molecule has 0 radical (unpaired) electrons. The summed E-state index contributed by atoms with van der Waals surface area (Å²) in [5.41, 5.74) is 2.07. The molecule has 1 atom stereocenters. The van der Waals surface area contributed by atoms with Crippen molar-refractivity contribution < 1.29 is 19.1 Å². The summed E-state index contributed by atoms with van der Waals surface area (Å²) in [5, 5.41) is 3.95. The third kappa shape index (κ3) is 4.97. The van der Waals surface area contributed by atoms with Gasteiger partial charge in [0.25, 0.3) is 5.91 Å². The van der Waals surface area contributed by atoms with Crippen LogP contribution in [-0.2, 0) is 14.3 Å². The molecule has 2 heterocycles. The van der Waals surface area contributed by atoms with E-state index in [-0.39, 0.29) is 18.6 Å². The predicted octanol–water partition coefficient (Wildman–Crippen LogP) is 3.32. The number of benzene rings is 1. The van der Waals surface area contributed by atoms with Gasteiger partial charge in [0.05, 0.1) is 18.2 Å². The van der Waals surface area contributed by atoms with E-state index in [1.54, 1.807) is 0 Å². The van der Waals surface area contributed by atoms with Crippen molar-refractivity contribution in [2.75, 3.05) is 37.8 Å². The van der Waals surface area contributed by atoms with Gasteiger partial charge in [-0.2, -0.15) is 0 Å². The second kappa shape index (κ2) is 8.97. The highest BCUT2D eigenvalue weighted by atomic mass is 32.1. The zero-order valence-corrected chi connectivity index (χ0v) is 17.4. The molecule has 0 bridgehead atoms. The average molecular weight is 415 g/mol. The van der Waals surface area contributed by atoms with Gasteiger partial charge in [-0.3, -0.25) is 4.79 Å². The summed E-state index contributed by atoms with van der Waals surface area (Å²) in [4.78, 5) is 27.4. The van der Waals surface area contributed by atoms with Gasteiger partial charge in [0.2, 0.25) is 0 Å². The first kappa shape index (κ1) is 19.9. The number of anilines is 1. The Balaban J connectivity index is 1.47. The summed E-state index contributed by atoms with van der Waals surface area (Å²) in [5.74, 6) is -0.136. The van der Waals surface area contributed by atoms with E-state index in [1.807, 2.05) is 43.3 Å². The van der Waals surface area contributed by atoms with Crippen LogP contribution < -0.4 is 10.2 Å². The fourth-order valence-electron chi connectivity index (χ4n) is 3.52. The van der Waals surface area contributed by atoms with Gasteiger partial charge in [0.15, 0.2) is 6.61 Å².